The van der Waals surface area contributed by atoms with Gasteiger partial charge in [0, 0.05) is 25.3 Å². The molecular weight excluding hydrogens is 296 g/mol. The van der Waals surface area contributed by atoms with Crippen LogP contribution in [0.25, 0.3) is 0 Å². The smallest absolute Gasteiger partial charge is 0.198 e. The van der Waals surface area contributed by atoms with Crippen LogP contribution < -0.4 is 5.32 Å². The van der Waals surface area contributed by atoms with E-state index in [-0.39, 0.29) is 0 Å². The molecule has 4 nitrogen and oxygen atoms in total. The molecule has 0 spiro atoms. The second-order valence-electron chi connectivity index (χ2n) is 5.95. The second-order valence-corrected chi connectivity index (χ2v) is 5.95. The molecule has 1 aliphatic rings. The predicted octanol–water partition coefficient (Wildman–Crippen LogP) is 3.66. The van der Waals surface area contributed by atoms with Crippen molar-refractivity contribution in [3.63, 3.8) is 0 Å². The van der Waals surface area contributed by atoms with E-state index in [1.165, 1.54) is 18.4 Å². The number of benzene rings is 2. The zero-order valence-electron chi connectivity index (χ0n) is 13.8. The highest BCUT2D eigenvalue weighted by Crippen LogP contribution is 2.14. The molecule has 1 N–H and O–H groups in total. The first kappa shape index (κ1) is 16.1. The molecule has 0 aliphatic carbocycles. The molecule has 0 amide bonds. The fraction of sp³-hybridized carbons (Fsp3) is 0.300. The average molecular weight is 318 g/mol. The summed E-state index contributed by atoms with van der Waals surface area (Å²) in [6.45, 7) is 2.82. The van der Waals surface area contributed by atoms with Crippen molar-refractivity contribution in [1.82, 2.24) is 4.90 Å². The summed E-state index contributed by atoms with van der Waals surface area (Å²) in [5.74, 6) is 0.915. The van der Waals surface area contributed by atoms with Crippen molar-refractivity contribution >= 4 is 11.6 Å². The molecule has 1 fully saturated rings. The molecule has 2 aromatic carbocycles. The Labute approximate surface area is 143 Å². The summed E-state index contributed by atoms with van der Waals surface area (Å²) in [4.78, 5) is 7.10. The van der Waals surface area contributed by atoms with Crippen LogP contribution in [0.2, 0.25) is 0 Å². The molecule has 4 heteroatoms. The molecule has 0 bridgehead atoms. The Hall–Kier alpha value is -2.80. The second kappa shape index (κ2) is 8.16. The normalized spacial score (nSPS) is 14.5. The number of anilines is 1. The number of hydrogen-bond acceptors (Lipinski definition) is 2. The third kappa shape index (κ3) is 4.36. The van der Waals surface area contributed by atoms with Gasteiger partial charge < -0.3 is 10.2 Å². The molecule has 24 heavy (non-hydrogen) atoms. The van der Waals surface area contributed by atoms with Crippen LogP contribution in [-0.2, 0) is 6.42 Å². The summed E-state index contributed by atoms with van der Waals surface area (Å²) in [5, 5.41) is 12.5. The number of hydrogen-bond donors (Lipinski definition) is 1. The van der Waals surface area contributed by atoms with Gasteiger partial charge in [-0.2, -0.15) is 5.26 Å². The van der Waals surface area contributed by atoms with Crippen LogP contribution >= 0.6 is 0 Å². The number of nitrogens with zero attached hydrogens (tertiary/aromatic N) is 3. The van der Waals surface area contributed by atoms with Gasteiger partial charge >= 0.3 is 0 Å². The molecule has 0 atom stereocenters. The Morgan fingerprint density at radius 2 is 1.88 bits per heavy atom. The van der Waals surface area contributed by atoms with Crippen molar-refractivity contribution < 1.29 is 0 Å². The highest BCUT2D eigenvalue weighted by atomic mass is 15.3. The zero-order valence-corrected chi connectivity index (χ0v) is 13.8. The first-order valence-corrected chi connectivity index (χ1v) is 8.46. The van der Waals surface area contributed by atoms with Crippen LogP contribution in [0.5, 0.6) is 0 Å². The maximum absolute atomic E-state index is 9.06. The van der Waals surface area contributed by atoms with Gasteiger partial charge in [0.25, 0.3) is 0 Å². The molecule has 0 unspecified atom stereocenters. The largest absolute Gasteiger partial charge is 0.343 e. The first-order valence-electron chi connectivity index (χ1n) is 8.46. The topological polar surface area (TPSA) is 51.4 Å². The number of guanidine groups is 1. The molecule has 0 saturated carbocycles. The Bertz CT molecular complexity index is 725. The standard InChI is InChI=1S/C20H22N4/c21-16-18-9-6-10-19(15-18)23-20(24-13-4-5-14-24)22-12-11-17-7-2-1-3-8-17/h1-3,6-10,15H,4-5,11-14H2,(H,22,23). The number of likely N-dealkylation sites (tertiary alicyclic amines) is 1. The first-order chi connectivity index (χ1) is 11.8. The maximum Gasteiger partial charge on any atom is 0.198 e. The molecule has 2 aromatic rings. The van der Waals surface area contributed by atoms with E-state index in [0.717, 1.165) is 37.7 Å². The van der Waals surface area contributed by atoms with E-state index in [2.05, 4.69) is 40.6 Å². The van der Waals surface area contributed by atoms with Crippen LogP contribution in [0.4, 0.5) is 5.69 Å². The number of nitrogens with one attached hydrogen (secondary N) is 1. The van der Waals surface area contributed by atoms with E-state index in [0.29, 0.717) is 5.56 Å². The lowest BCUT2D eigenvalue weighted by atomic mass is 10.2. The van der Waals surface area contributed by atoms with Gasteiger partial charge in [0.05, 0.1) is 11.6 Å². The third-order valence-electron chi connectivity index (χ3n) is 4.16. The van der Waals surface area contributed by atoms with Crippen molar-refractivity contribution in [2.45, 2.75) is 19.3 Å². The monoisotopic (exact) mass is 318 g/mol. The van der Waals surface area contributed by atoms with E-state index in [1.807, 2.05) is 30.3 Å². The summed E-state index contributed by atoms with van der Waals surface area (Å²) in [7, 11) is 0. The molecule has 1 saturated heterocycles. The lowest BCUT2D eigenvalue weighted by Crippen LogP contribution is -2.34. The van der Waals surface area contributed by atoms with E-state index >= 15 is 0 Å². The SMILES string of the molecule is N#Cc1cccc(NC(=NCCc2ccccc2)N2CCCC2)c1. The van der Waals surface area contributed by atoms with Gasteiger partial charge in [-0.15, -0.1) is 0 Å². The fourth-order valence-corrected chi connectivity index (χ4v) is 2.88. The molecule has 122 valence electrons. The average Bonchev–Trinajstić information content (AvgIpc) is 3.16. The molecule has 1 aliphatic heterocycles. The van der Waals surface area contributed by atoms with Crippen molar-refractivity contribution in [3.05, 3.63) is 65.7 Å². The van der Waals surface area contributed by atoms with E-state index < -0.39 is 0 Å². The van der Waals surface area contributed by atoms with Crippen LogP contribution in [-0.4, -0.2) is 30.5 Å². The van der Waals surface area contributed by atoms with E-state index in [1.54, 1.807) is 0 Å². The minimum Gasteiger partial charge on any atom is -0.343 e. The van der Waals surface area contributed by atoms with Gasteiger partial charge in [-0.05, 0) is 43.0 Å². The van der Waals surface area contributed by atoms with Gasteiger partial charge in [0.1, 0.15) is 0 Å². The van der Waals surface area contributed by atoms with Gasteiger partial charge in [0.15, 0.2) is 5.96 Å². The highest BCUT2D eigenvalue weighted by molar-refractivity contribution is 5.94. The summed E-state index contributed by atoms with van der Waals surface area (Å²) in [5.41, 5.74) is 2.87. The third-order valence-corrected chi connectivity index (χ3v) is 4.16. The molecule has 1 heterocycles. The summed E-state index contributed by atoms with van der Waals surface area (Å²) in [6, 6.07) is 20.2. The van der Waals surface area contributed by atoms with E-state index in [9.17, 15) is 0 Å². The van der Waals surface area contributed by atoms with Crippen molar-refractivity contribution in [3.8, 4) is 6.07 Å². The number of nitriles is 1. The van der Waals surface area contributed by atoms with Crippen LogP contribution in [0.1, 0.15) is 24.0 Å². The maximum atomic E-state index is 9.06. The van der Waals surface area contributed by atoms with Gasteiger partial charge in [-0.25, -0.2) is 0 Å². The van der Waals surface area contributed by atoms with Crippen molar-refractivity contribution in [2.24, 2.45) is 4.99 Å². The summed E-state index contributed by atoms with van der Waals surface area (Å²) < 4.78 is 0. The Kier molecular flexibility index (Phi) is 5.47. The van der Waals surface area contributed by atoms with Gasteiger partial charge in [-0.1, -0.05) is 36.4 Å². The van der Waals surface area contributed by atoms with Gasteiger partial charge in [0.2, 0.25) is 0 Å². The molecule has 3 rings (SSSR count). The van der Waals surface area contributed by atoms with Crippen LogP contribution in [0.3, 0.4) is 0 Å². The molecule has 0 radical (unpaired) electrons. The zero-order chi connectivity index (χ0) is 16.6. The quantitative estimate of drug-likeness (QED) is 0.691. The number of rotatable bonds is 4. The van der Waals surface area contributed by atoms with Crippen LogP contribution in [0, 0.1) is 11.3 Å². The minimum atomic E-state index is 0.657. The van der Waals surface area contributed by atoms with Crippen molar-refractivity contribution in [1.29, 1.82) is 5.26 Å². The summed E-state index contributed by atoms with van der Waals surface area (Å²) in [6.07, 6.45) is 3.34. The Morgan fingerprint density at radius 3 is 2.62 bits per heavy atom. The van der Waals surface area contributed by atoms with E-state index in [4.69, 9.17) is 10.3 Å². The number of aliphatic imine (C=N–C) groups is 1. The lowest BCUT2D eigenvalue weighted by molar-refractivity contribution is 0.515. The Balaban J connectivity index is 1.70. The van der Waals surface area contributed by atoms with Crippen LogP contribution in [0.15, 0.2) is 59.6 Å². The predicted molar refractivity (Wildman–Crippen MR) is 98.0 cm³/mol. The molecule has 0 aromatic heterocycles. The van der Waals surface area contributed by atoms with Crippen molar-refractivity contribution in [2.75, 3.05) is 25.0 Å². The Morgan fingerprint density at radius 1 is 1.08 bits per heavy atom. The lowest BCUT2D eigenvalue weighted by Gasteiger charge is -2.21. The molecular formula is C20H22N4. The minimum absolute atomic E-state index is 0.657. The van der Waals surface area contributed by atoms with Gasteiger partial charge in [-0.3, -0.25) is 4.99 Å². The fourth-order valence-electron chi connectivity index (χ4n) is 2.88. The summed E-state index contributed by atoms with van der Waals surface area (Å²) >= 11 is 0. The highest BCUT2D eigenvalue weighted by Gasteiger charge is 2.16.